The summed E-state index contributed by atoms with van der Waals surface area (Å²) in [5.41, 5.74) is 2.03. The first-order valence-corrected chi connectivity index (χ1v) is 6.45. The summed E-state index contributed by atoms with van der Waals surface area (Å²) in [5.74, 6) is 0.0929. The molecular formula is C14H18N4O. The van der Waals surface area contributed by atoms with Gasteiger partial charge in [-0.2, -0.15) is 5.10 Å². The van der Waals surface area contributed by atoms with Crippen LogP contribution in [0, 0.1) is 0 Å². The fourth-order valence-corrected chi connectivity index (χ4v) is 1.88. The highest BCUT2D eigenvalue weighted by Gasteiger charge is 2.08. The summed E-state index contributed by atoms with van der Waals surface area (Å²) in [7, 11) is 0. The third-order valence-corrected chi connectivity index (χ3v) is 2.93. The van der Waals surface area contributed by atoms with Crippen molar-refractivity contribution < 1.29 is 4.79 Å². The summed E-state index contributed by atoms with van der Waals surface area (Å²) < 4.78 is 1.70. The maximum atomic E-state index is 11.5. The summed E-state index contributed by atoms with van der Waals surface area (Å²) in [6.07, 6.45) is 4.59. The molecule has 19 heavy (non-hydrogen) atoms. The van der Waals surface area contributed by atoms with Crippen LogP contribution in [-0.2, 0) is 4.79 Å². The number of carbonyl (C=O) groups is 1. The van der Waals surface area contributed by atoms with E-state index in [1.54, 1.807) is 11.0 Å². The van der Waals surface area contributed by atoms with Crippen LogP contribution in [0.2, 0.25) is 0 Å². The van der Waals surface area contributed by atoms with Gasteiger partial charge in [0.05, 0.1) is 11.7 Å². The molecule has 1 aromatic heterocycles. The van der Waals surface area contributed by atoms with Crippen LogP contribution in [0.5, 0.6) is 0 Å². The topological polar surface area (TPSA) is 59.8 Å². The smallest absolute Gasteiger partial charge is 0.220 e. The second-order valence-corrected chi connectivity index (χ2v) is 4.47. The van der Waals surface area contributed by atoms with Gasteiger partial charge in [-0.1, -0.05) is 19.1 Å². The maximum absolute atomic E-state index is 11.5. The molecule has 1 amide bonds. The van der Waals surface area contributed by atoms with Gasteiger partial charge < -0.3 is 5.32 Å². The van der Waals surface area contributed by atoms with Gasteiger partial charge in [0, 0.05) is 6.42 Å². The summed E-state index contributed by atoms with van der Waals surface area (Å²) in [6.45, 7) is 3.98. The predicted molar refractivity (Wildman–Crippen MR) is 72.8 cm³/mol. The average Bonchev–Trinajstić information content (AvgIpc) is 2.93. The highest BCUT2D eigenvalue weighted by molar-refractivity contribution is 5.76. The van der Waals surface area contributed by atoms with Gasteiger partial charge in [-0.15, -0.1) is 0 Å². The normalized spacial score (nSPS) is 12.1. The third-order valence-electron chi connectivity index (χ3n) is 2.93. The first kappa shape index (κ1) is 13.3. The van der Waals surface area contributed by atoms with Crippen LogP contribution in [-0.4, -0.2) is 20.7 Å². The van der Waals surface area contributed by atoms with Crippen LogP contribution < -0.4 is 5.32 Å². The average molecular weight is 258 g/mol. The highest BCUT2D eigenvalue weighted by atomic mass is 16.1. The molecule has 100 valence electrons. The number of hydrogen-bond acceptors (Lipinski definition) is 3. The lowest BCUT2D eigenvalue weighted by Crippen LogP contribution is -2.26. The van der Waals surface area contributed by atoms with Crippen molar-refractivity contribution in [2.75, 3.05) is 0 Å². The molecule has 1 N–H and O–H groups in total. The monoisotopic (exact) mass is 258 g/mol. The Morgan fingerprint density at radius 1 is 1.37 bits per heavy atom. The third kappa shape index (κ3) is 3.40. The van der Waals surface area contributed by atoms with Crippen molar-refractivity contribution in [2.24, 2.45) is 0 Å². The van der Waals surface area contributed by atoms with Gasteiger partial charge in [0.25, 0.3) is 0 Å². The van der Waals surface area contributed by atoms with Crippen molar-refractivity contribution in [1.82, 2.24) is 20.1 Å². The van der Waals surface area contributed by atoms with Gasteiger partial charge in [0.2, 0.25) is 5.91 Å². The molecule has 0 radical (unpaired) electrons. The number of nitrogens with zero attached hydrogens (tertiary/aromatic N) is 3. The van der Waals surface area contributed by atoms with E-state index < -0.39 is 0 Å². The van der Waals surface area contributed by atoms with Crippen molar-refractivity contribution >= 4 is 5.91 Å². The first-order valence-electron chi connectivity index (χ1n) is 6.45. The van der Waals surface area contributed by atoms with E-state index >= 15 is 0 Å². The van der Waals surface area contributed by atoms with Crippen LogP contribution in [0.4, 0.5) is 0 Å². The molecule has 0 saturated carbocycles. The summed E-state index contributed by atoms with van der Waals surface area (Å²) in [4.78, 5) is 15.5. The molecule has 1 atom stereocenters. The van der Waals surface area contributed by atoms with E-state index in [1.165, 1.54) is 6.33 Å². The van der Waals surface area contributed by atoms with Gasteiger partial charge in [0.15, 0.2) is 0 Å². The number of carbonyl (C=O) groups excluding carboxylic acids is 1. The quantitative estimate of drug-likeness (QED) is 0.894. The maximum Gasteiger partial charge on any atom is 0.220 e. The standard InChI is InChI=1S/C14H18N4O/c1-3-4-14(19)17-11(2)12-5-7-13(8-6-12)18-10-15-9-16-18/h5-11H,3-4H2,1-2H3,(H,17,19). The van der Waals surface area contributed by atoms with E-state index in [1.807, 2.05) is 38.1 Å². The van der Waals surface area contributed by atoms with E-state index in [4.69, 9.17) is 0 Å². The Kier molecular flexibility index (Phi) is 4.28. The molecule has 5 nitrogen and oxygen atoms in total. The molecule has 0 spiro atoms. The number of hydrogen-bond donors (Lipinski definition) is 1. The van der Waals surface area contributed by atoms with Gasteiger partial charge in [-0.3, -0.25) is 4.79 Å². The summed E-state index contributed by atoms with van der Waals surface area (Å²) in [6, 6.07) is 7.93. The Labute approximate surface area is 112 Å². The van der Waals surface area contributed by atoms with E-state index in [-0.39, 0.29) is 11.9 Å². The van der Waals surface area contributed by atoms with E-state index in [0.29, 0.717) is 6.42 Å². The Balaban J connectivity index is 2.04. The van der Waals surface area contributed by atoms with E-state index in [2.05, 4.69) is 15.4 Å². The Hall–Kier alpha value is -2.17. The van der Waals surface area contributed by atoms with E-state index in [0.717, 1.165) is 17.7 Å². The molecule has 0 aliphatic heterocycles. The molecule has 2 aromatic rings. The molecule has 0 aliphatic carbocycles. The Morgan fingerprint density at radius 2 is 2.11 bits per heavy atom. The molecule has 2 rings (SSSR count). The lowest BCUT2D eigenvalue weighted by molar-refractivity contribution is -0.121. The van der Waals surface area contributed by atoms with Crippen molar-refractivity contribution in [3.05, 3.63) is 42.5 Å². The number of aromatic nitrogens is 3. The lowest BCUT2D eigenvalue weighted by Gasteiger charge is -2.14. The Morgan fingerprint density at radius 3 is 2.68 bits per heavy atom. The van der Waals surface area contributed by atoms with Crippen molar-refractivity contribution in [1.29, 1.82) is 0 Å². The predicted octanol–water partition coefficient (Wildman–Crippen LogP) is 2.24. The van der Waals surface area contributed by atoms with Crippen LogP contribution >= 0.6 is 0 Å². The first-order chi connectivity index (χ1) is 9.20. The fraction of sp³-hybridized carbons (Fsp3) is 0.357. The number of rotatable bonds is 5. The minimum Gasteiger partial charge on any atom is -0.350 e. The number of benzene rings is 1. The van der Waals surface area contributed by atoms with Crippen molar-refractivity contribution in [3.63, 3.8) is 0 Å². The Bertz CT molecular complexity index is 519. The number of nitrogens with one attached hydrogen (secondary N) is 1. The second kappa shape index (κ2) is 6.13. The van der Waals surface area contributed by atoms with Gasteiger partial charge >= 0.3 is 0 Å². The van der Waals surface area contributed by atoms with E-state index in [9.17, 15) is 4.79 Å². The van der Waals surface area contributed by atoms with Crippen LogP contribution in [0.15, 0.2) is 36.9 Å². The van der Waals surface area contributed by atoms with Crippen molar-refractivity contribution in [3.8, 4) is 5.69 Å². The minimum atomic E-state index is 0.0175. The molecule has 0 fully saturated rings. The zero-order valence-corrected chi connectivity index (χ0v) is 11.2. The highest BCUT2D eigenvalue weighted by Crippen LogP contribution is 2.15. The zero-order chi connectivity index (χ0) is 13.7. The second-order valence-electron chi connectivity index (χ2n) is 4.47. The van der Waals surface area contributed by atoms with Gasteiger partial charge in [0.1, 0.15) is 12.7 Å². The molecule has 5 heteroatoms. The zero-order valence-electron chi connectivity index (χ0n) is 11.2. The summed E-state index contributed by atoms with van der Waals surface area (Å²) >= 11 is 0. The van der Waals surface area contributed by atoms with Crippen LogP contribution in [0.1, 0.15) is 38.3 Å². The molecule has 0 aliphatic rings. The lowest BCUT2D eigenvalue weighted by atomic mass is 10.1. The van der Waals surface area contributed by atoms with Gasteiger partial charge in [-0.25, -0.2) is 9.67 Å². The summed E-state index contributed by atoms with van der Waals surface area (Å²) in [5, 5.41) is 7.05. The molecule has 1 unspecified atom stereocenters. The molecule has 1 heterocycles. The van der Waals surface area contributed by atoms with Crippen LogP contribution in [0.3, 0.4) is 0 Å². The van der Waals surface area contributed by atoms with Gasteiger partial charge in [-0.05, 0) is 31.0 Å². The molecule has 1 aromatic carbocycles. The molecule has 0 saturated heterocycles. The SMILES string of the molecule is CCCC(=O)NC(C)c1ccc(-n2cncn2)cc1. The fourth-order valence-electron chi connectivity index (χ4n) is 1.88. The van der Waals surface area contributed by atoms with Crippen molar-refractivity contribution in [2.45, 2.75) is 32.7 Å². The van der Waals surface area contributed by atoms with Crippen LogP contribution in [0.25, 0.3) is 5.69 Å². The molecular weight excluding hydrogens is 240 g/mol. The minimum absolute atomic E-state index is 0.0175. The largest absolute Gasteiger partial charge is 0.350 e. The molecule has 0 bridgehead atoms. The number of amides is 1.